The Hall–Kier alpha value is -0.560. The van der Waals surface area contributed by atoms with Crippen LogP contribution in [0.4, 0.5) is 0 Å². The van der Waals surface area contributed by atoms with E-state index in [0.29, 0.717) is 17.6 Å². The molecule has 0 unspecified atom stereocenters. The summed E-state index contributed by atoms with van der Waals surface area (Å²) in [7, 11) is 0. The molecule has 0 aromatic carbocycles. The summed E-state index contributed by atoms with van der Waals surface area (Å²) < 4.78 is 5.84. The van der Waals surface area contributed by atoms with Crippen LogP contribution in [0.15, 0.2) is 23.3 Å². The molecule has 16 heavy (non-hydrogen) atoms. The van der Waals surface area contributed by atoms with E-state index in [1.165, 1.54) is 24.0 Å². The zero-order valence-corrected chi connectivity index (χ0v) is 11.0. The van der Waals surface area contributed by atoms with Gasteiger partial charge in [0.2, 0.25) is 0 Å². The SMILES string of the molecule is C/C1=C/CC/C(C)=C/CC(C)(C)[C@@H]2O[C@@H]2C1. The molecule has 1 heterocycles. The number of hydrogen-bond acceptors (Lipinski definition) is 1. The fourth-order valence-electron chi connectivity index (χ4n) is 2.59. The van der Waals surface area contributed by atoms with Crippen LogP contribution in [0.5, 0.6) is 0 Å². The third-order valence-electron chi connectivity index (χ3n) is 3.88. The maximum absolute atomic E-state index is 5.84. The molecular weight excluding hydrogens is 196 g/mol. The molecule has 0 saturated carbocycles. The summed E-state index contributed by atoms with van der Waals surface area (Å²) in [4.78, 5) is 0. The van der Waals surface area contributed by atoms with Crippen LogP contribution >= 0.6 is 0 Å². The molecular formula is C15H24O. The number of hydrogen-bond donors (Lipinski definition) is 0. The predicted molar refractivity (Wildman–Crippen MR) is 68.4 cm³/mol. The summed E-state index contributed by atoms with van der Waals surface area (Å²) in [6.45, 7) is 9.15. The van der Waals surface area contributed by atoms with Crippen LogP contribution in [0.2, 0.25) is 0 Å². The van der Waals surface area contributed by atoms with E-state index in [1.807, 2.05) is 0 Å². The van der Waals surface area contributed by atoms with Gasteiger partial charge in [-0.05, 0) is 44.9 Å². The Kier molecular flexibility index (Phi) is 3.25. The number of epoxide rings is 1. The summed E-state index contributed by atoms with van der Waals surface area (Å²) in [5.74, 6) is 0. The summed E-state index contributed by atoms with van der Waals surface area (Å²) in [5, 5.41) is 0. The molecule has 1 aliphatic carbocycles. The van der Waals surface area contributed by atoms with Gasteiger partial charge in [0.25, 0.3) is 0 Å². The van der Waals surface area contributed by atoms with Crippen molar-refractivity contribution in [1.29, 1.82) is 0 Å². The summed E-state index contributed by atoms with van der Waals surface area (Å²) in [5.41, 5.74) is 3.32. The Bertz CT molecular complexity index is 322. The molecule has 2 aliphatic rings. The summed E-state index contributed by atoms with van der Waals surface area (Å²) in [6, 6.07) is 0. The lowest BCUT2D eigenvalue weighted by molar-refractivity contribution is 0.241. The van der Waals surface area contributed by atoms with Crippen molar-refractivity contribution in [2.45, 2.75) is 65.6 Å². The first-order chi connectivity index (χ1) is 7.49. The van der Waals surface area contributed by atoms with Crippen LogP contribution in [-0.2, 0) is 4.74 Å². The zero-order valence-electron chi connectivity index (χ0n) is 11.0. The van der Waals surface area contributed by atoms with E-state index in [0.717, 1.165) is 12.8 Å². The maximum atomic E-state index is 5.84. The maximum Gasteiger partial charge on any atom is 0.0898 e. The largest absolute Gasteiger partial charge is 0.369 e. The van der Waals surface area contributed by atoms with Crippen molar-refractivity contribution in [2.75, 3.05) is 0 Å². The van der Waals surface area contributed by atoms with Gasteiger partial charge < -0.3 is 4.74 Å². The second-order valence-electron chi connectivity index (χ2n) is 6.13. The molecule has 0 radical (unpaired) electrons. The van der Waals surface area contributed by atoms with Crippen LogP contribution in [0, 0.1) is 5.41 Å². The molecule has 0 aromatic heterocycles. The Balaban J connectivity index is 2.12. The highest BCUT2D eigenvalue weighted by Crippen LogP contribution is 2.44. The molecule has 0 bridgehead atoms. The first-order valence-electron chi connectivity index (χ1n) is 6.46. The highest BCUT2D eigenvalue weighted by Gasteiger charge is 2.48. The van der Waals surface area contributed by atoms with Gasteiger partial charge in [0.05, 0.1) is 12.2 Å². The Labute approximate surface area is 99.6 Å². The monoisotopic (exact) mass is 220 g/mol. The van der Waals surface area contributed by atoms with E-state index in [1.54, 1.807) is 0 Å². The minimum absolute atomic E-state index is 0.302. The van der Waals surface area contributed by atoms with E-state index < -0.39 is 0 Å². The minimum atomic E-state index is 0.302. The zero-order chi connectivity index (χ0) is 11.8. The van der Waals surface area contributed by atoms with Crippen LogP contribution in [0.1, 0.15) is 53.4 Å². The first-order valence-corrected chi connectivity index (χ1v) is 6.46. The van der Waals surface area contributed by atoms with E-state index in [2.05, 4.69) is 39.8 Å². The number of fused-ring (bicyclic) bond motifs is 1. The van der Waals surface area contributed by atoms with Gasteiger partial charge in [-0.15, -0.1) is 0 Å². The molecule has 0 amide bonds. The Morgan fingerprint density at radius 3 is 2.69 bits per heavy atom. The van der Waals surface area contributed by atoms with E-state index in [-0.39, 0.29) is 0 Å². The smallest absolute Gasteiger partial charge is 0.0898 e. The van der Waals surface area contributed by atoms with Gasteiger partial charge in [0.15, 0.2) is 0 Å². The van der Waals surface area contributed by atoms with Gasteiger partial charge in [-0.3, -0.25) is 0 Å². The molecule has 1 heteroatoms. The Morgan fingerprint density at radius 1 is 1.19 bits per heavy atom. The van der Waals surface area contributed by atoms with Crippen molar-refractivity contribution in [3.63, 3.8) is 0 Å². The molecule has 0 aromatic rings. The van der Waals surface area contributed by atoms with Gasteiger partial charge in [-0.2, -0.15) is 0 Å². The van der Waals surface area contributed by atoms with Crippen molar-refractivity contribution in [2.24, 2.45) is 5.41 Å². The van der Waals surface area contributed by atoms with Gasteiger partial charge in [0, 0.05) is 0 Å². The highest BCUT2D eigenvalue weighted by molar-refractivity contribution is 5.12. The lowest BCUT2D eigenvalue weighted by Gasteiger charge is -2.20. The van der Waals surface area contributed by atoms with Gasteiger partial charge in [-0.25, -0.2) is 0 Å². The average Bonchev–Trinajstić information content (AvgIpc) is 2.94. The van der Waals surface area contributed by atoms with Crippen molar-refractivity contribution in [3.8, 4) is 0 Å². The van der Waals surface area contributed by atoms with Crippen LogP contribution < -0.4 is 0 Å². The lowest BCUT2D eigenvalue weighted by atomic mass is 9.82. The second-order valence-corrected chi connectivity index (χ2v) is 6.13. The molecule has 1 nitrogen and oxygen atoms in total. The van der Waals surface area contributed by atoms with Crippen molar-refractivity contribution >= 4 is 0 Å². The third-order valence-corrected chi connectivity index (χ3v) is 3.88. The topological polar surface area (TPSA) is 12.5 Å². The molecule has 2 rings (SSSR count). The standard InChI is InChI=1S/C15H24O/c1-11-6-5-7-12(2)10-13-14(16-13)15(3,4)9-8-11/h7-8,13-14H,5-6,9-10H2,1-4H3/b11-8+,12-7-/t13-,14-/m1/s1. The molecule has 1 fully saturated rings. The van der Waals surface area contributed by atoms with E-state index in [9.17, 15) is 0 Å². The second kappa shape index (κ2) is 4.37. The normalized spacial score (nSPS) is 40.8. The van der Waals surface area contributed by atoms with Crippen LogP contribution in [0.25, 0.3) is 0 Å². The average molecular weight is 220 g/mol. The van der Waals surface area contributed by atoms with Gasteiger partial charge >= 0.3 is 0 Å². The number of ether oxygens (including phenoxy) is 1. The third kappa shape index (κ3) is 2.76. The van der Waals surface area contributed by atoms with E-state index in [4.69, 9.17) is 4.74 Å². The van der Waals surface area contributed by atoms with Gasteiger partial charge in [0.1, 0.15) is 0 Å². The predicted octanol–water partition coefficient (Wildman–Crippen LogP) is 4.25. The number of allylic oxidation sites excluding steroid dienone is 3. The fraction of sp³-hybridized carbons (Fsp3) is 0.733. The van der Waals surface area contributed by atoms with Gasteiger partial charge in [-0.1, -0.05) is 37.1 Å². The fourth-order valence-corrected chi connectivity index (χ4v) is 2.59. The van der Waals surface area contributed by atoms with Crippen LogP contribution in [-0.4, -0.2) is 12.2 Å². The summed E-state index contributed by atoms with van der Waals surface area (Å²) >= 11 is 0. The molecule has 0 spiro atoms. The summed E-state index contributed by atoms with van der Waals surface area (Å²) in [6.07, 6.45) is 10.4. The molecule has 1 saturated heterocycles. The lowest BCUT2D eigenvalue weighted by Crippen LogP contribution is -2.20. The molecule has 2 atom stereocenters. The van der Waals surface area contributed by atoms with Crippen LogP contribution in [0.3, 0.4) is 0 Å². The first kappa shape index (κ1) is 11.9. The quantitative estimate of drug-likeness (QED) is 0.439. The van der Waals surface area contributed by atoms with Crippen molar-refractivity contribution < 1.29 is 4.74 Å². The minimum Gasteiger partial charge on any atom is -0.369 e. The Morgan fingerprint density at radius 2 is 1.94 bits per heavy atom. The van der Waals surface area contributed by atoms with Crippen molar-refractivity contribution in [3.05, 3.63) is 23.3 Å². The number of rotatable bonds is 0. The van der Waals surface area contributed by atoms with Crippen molar-refractivity contribution in [1.82, 2.24) is 0 Å². The highest BCUT2D eigenvalue weighted by atomic mass is 16.6. The molecule has 1 aliphatic heterocycles. The molecule has 0 N–H and O–H groups in total. The molecule has 90 valence electrons. The van der Waals surface area contributed by atoms with E-state index >= 15 is 0 Å².